The minimum absolute atomic E-state index is 0.393. The molecule has 0 bridgehead atoms. The van der Waals surface area contributed by atoms with E-state index in [1.165, 1.54) is 5.56 Å². The predicted molar refractivity (Wildman–Crippen MR) is 193 cm³/mol. The average molecular weight is 618 g/mol. The fourth-order valence-electron chi connectivity index (χ4n) is 6.77. The lowest BCUT2D eigenvalue weighted by Crippen LogP contribution is -2.25. The molecule has 228 valence electrons. The number of benzene rings is 6. The summed E-state index contributed by atoms with van der Waals surface area (Å²) in [5, 5.41) is 9.83. The fourth-order valence-corrected chi connectivity index (χ4v) is 6.77. The van der Waals surface area contributed by atoms with E-state index in [0.717, 1.165) is 67.4 Å². The van der Waals surface area contributed by atoms with Gasteiger partial charge < -0.3 is 4.74 Å². The van der Waals surface area contributed by atoms with Crippen LogP contribution in [-0.4, -0.2) is 9.97 Å². The lowest BCUT2D eigenvalue weighted by Gasteiger charge is -2.35. The van der Waals surface area contributed by atoms with Gasteiger partial charge in [-0.15, -0.1) is 0 Å². The quantitative estimate of drug-likeness (QED) is 0.193. The second-order valence-corrected chi connectivity index (χ2v) is 12.5. The third kappa shape index (κ3) is 5.12. The molecule has 0 saturated heterocycles. The lowest BCUT2D eigenvalue weighted by molar-refractivity contribution is 0.417. The van der Waals surface area contributed by atoms with Gasteiger partial charge in [-0.1, -0.05) is 141 Å². The molecule has 0 spiro atoms. The second kappa shape index (κ2) is 11.8. The Morgan fingerprint density at radius 3 is 1.85 bits per heavy atom. The molecule has 48 heavy (non-hydrogen) atoms. The number of rotatable bonds is 5. The van der Waals surface area contributed by atoms with Gasteiger partial charge >= 0.3 is 0 Å². The number of nitrogens with zero attached hydrogens (tertiary/aromatic N) is 3. The molecule has 0 radical (unpaired) electrons. The van der Waals surface area contributed by atoms with Gasteiger partial charge in [-0.3, -0.25) is 0 Å². The van der Waals surface area contributed by atoms with Crippen molar-refractivity contribution in [2.75, 3.05) is 0 Å². The van der Waals surface area contributed by atoms with Gasteiger partial charge in [0.1, 0.15) is 11.5 Å². The van der Waals surface area contributed by atoms with E-state index in [4.69, 9.17) is 14.7 Å². The third-order valence-corrected chi connectivity index (χ3v) is 9.21. The molecule has 8 rings (SSSR count). The van der Waals surface area contributed by atoms with Gasteiger partial charge in [0.2, 0.25) is 0 Å². The van der Waals surface area contributed by atoms with Crippen LogP contribution in [0.2, 0.25) is 0 Å². The Hall–Kier alpha value is -6.31. The van der Waals surface area contributed by atoms with Gasteiger partial charge in [-0.25, -0.2) is 9.97 Å². The molecule has 1 aromatic heterocycles. The van der Waals surface area contributed by atoms with Crippen LogP contribution < -0.4 is 4.74 Å². The molecule has 2 heterocycles. The van der Waals surface area contributed by atoms with E-state index >= 15 is 0 Å². The van der Waals surface area contributed by atoms with Crippen molar-refractivity contribution in [1.29, 1.82) is 5.26 Å². The summed E-state index contributed by atoms with van der Waals surface area (Å²) in [7, 11) is 0. The second-order valence-electron chi connectivity index (χ2n) is 12.5. The summed E-state index contributed by atoms with van der Waals surface area (Å²) < 4.78 is 6.48. The molecular formula is C44H31N3O. The maximum atomic E-state index is 9.83. The van der Waals surface area contributed by atoms with Crippen LogP contribution >= 0.6 is 0 Å². The molecular weight excluding hydrogens is 587 g/mol. The highest BCUT2D eigenvalue weighted by atomic mass is 16.5. The van der Waals surface area contributed by atoms with Gasteiger partial charge in [0.25, 0.3) is 0 Å². The standard InChI is InChI=1S/C44H31N3O/c1-44(2)37-25-24-33(26-41(37)48-40-19-11-16-34(28-45)42(40)44)35-17-9-10-18-36(35)39-27-38(46-43(47-39)32-14-7-4-8-15-32)31-22-20-30(21-23-31)29-12-5-3-6-13-29/h3-27H,1-2H3. The molecule has 0 atom stereocenters. The Balaban J connectivity index is 1.24. The number of nitriles is 1. The van der Waals surface area contributed by atoms with Gasteiger partial charge in [0.05, 0.1) is 23.0 Å². The Morgan fingerprint density at radius 1 is 0.521 bits per heavy atom. The number of fused-ring (bicyclic) bond motifs is 2. The minimum Gasteiger partial charge on any atom is -0.457 e. The summed E-state index contributed by atoms with van der Waals surface area (Å²) in [4.78, 5) is 10.2. The Labute approximate surface area is 280 Å². The molecule has 1 aliphatic heterocycles. The van der Waals surface area contributed by atoms with Crippen molar-refractivity contribution in [3.63, 3.8) is 0 Å². The van der Waals surface area contributed by atoms with Crippen molar-refractivity contribution in [2.24, 2.45) is 0 Å². The van der Waals surface area contributed by atoms with Crippen molar-refractivity contribution in [3.8, 4) is 73.7 Å². The summed E-state index contributed by atoms with van der Waals surface area (Å²) in [6, 6.07) is 53.9. The summed E-state index contributed by atoms with van der Waals surface area (Å²) in [6.07, 6.45) is 0. The highest BCUT2D eigenvalue weighted by Crippen LogP contribution is 2.50. The van der Waals surface area contributed by atoms with E-state index in [1.807, 2.05) is 54.6 Å². The van der Waals surface area contributed by atoms with Crippen molar-refractivity contribution >= 4 is 0 Å². The van der Waals surface area contributed by atoms with Crippen LogP contribution in [0.4, 0.5) is 0 Å². The number of aromatic nitrogens is 2. The molecule has 0 aliphatic carbocycles. The number of hydrogen-bond acceptors (Lipinski definition) is 4. The van der Waals surface area contributed by atoms with E-state index < -0.39 is 5.41 Å². The normalized spacial score (nSPS) is 12.7. The van der Waals surface area contributed by atoms with Crippen LogP contribution in [0.3, 0.4) is 0 Å². The summed E-state index contributed by atoms with van der Waals surface area (Å²) in [6.45, 7) is 4.31. The first-order chi connectivity index (χ1) is 23.5. The molecule has 1 aliphatic rings. The first kappa shape index (κ1) is 29.1. The van der Waals surface area contributed by atoms with Gasteiger partial charge in [0, 0.05) is 33.2 Å². The summed E-state index contributed by atoms with van der Waals surface area (Å²) in [5.41, 5.74) is 11.3. The zero-order valence-corrected chi connectivity index (χ0v) is 26.7. The highest BCUT2D eigenvalue weighted by Gasteiger charge is 2.36. The molecule has 0 N–H and O–H groups in total. The predicted octanol–water partition coefficient (Wildman–Crippen LogP) is 11.1. The Kier molecular flexibility index (Phi) is 7.16. The molecule has 0 amide bonds. The van der Waals surface area contributed by atoms with Gasteiger partial charge in [-0.05, 0) is 46.5 Å². The first-order valence-electron chi connectivity index (χ1n) is 16.1. The van der Waals surface area contributed by atoms with Gasteiger partial charge in [-0.2, -0.15) is 5.26 Å². The van der Waals surface area contributed by atoms with Crippen molar-refractivity contribution in [3.05, 3.63) is 168 Å². The molecule has 0 saturated carbocycles. The van der Waals surface area contributed by atoms with Crippen molar-refractivity contribution < 1.29 is 4.74 Å². The maximum Gasteiger partial charge on any atom is 0.160 e. The number of hydrogen-bond donors (Lipinski definition) is 0. The molecule has 4 nitrogen and oxygen atoms in total. The van der Waals surface area contributed by atoms with E-state index in [2.05, 4.69) is 117 Å². The molecule has 4 heteroatoms. The lowest BCUT2D eigenvalue weighted by atomic mass is 9.73. The SMILES string of the molecule is CC1(C)c2ccc(-c3ccccc3-c3cc(-c4ccc(-c5ccccc5)cc4)nc(-c4ccccc4)n3)cc2Oc2cccc(C#N)c21. The fraction of sp³-hybridized carbons (Fsp3) is 0.0682. The van der Waals surface area contributed by atoms with E-state index in [9.17, 15) is 5.26 Å². The zero-order chi connectivity index (χ0) is 32.7. The Morgan fingerprint density at radius 2 is 1.12 bits per heavy atom. The molecule has 0 fully saturated rings. The summed E-state index contributed by atoms with van der Waals surface area (Å²) in [5.74, 6) is 2.19. The van der Waals surface area contributed by atoms with Crippen molar-refractivity contribution in [2.45, 2.75) is 19.3 Å². The first-order valence-corrected chi connectivity index (χ1v) is 16.1. The monoisotopic (exact) mass is 617 g/mol. The van der Waals surface area contributed by atoms with Crippen molar-refractivity contribution in [1.82, 2.24) is 9.97 Å². The van der Waals surface area contributed by atoms with Gasteiger partial charge in [0.15, 0.2) is 5.82 Å². The van der Waals surface area contributed by atoms with Crippen LogP contribution in [0.25, 0.3) is 56.2 Å². The molecule has 0 unspecified atom stereocenters. The zero-order valence-electron chi connectivity index (χ0n) is 26.7. The average Bonchev–Trinajstić information content (AvgIpc) is 3.15. The topological polar surface area (TPSA) is 58.8 Å². The van der Waals surface area contributed by atoms with E-state index in [1.54, 1.807) is 0 Å². The van der Waals surface area contributed by atoms with E-state index in [0.29, 0.717) is 11.4 Å². The maximum absolute atomic E-state index is 9.83. The van der Waals surface area contributed by atoms with Crippen LogP contribution in [0.15, 0.2) is 152 Å². The largest absolute Gasteiger partial charge is 0.457 e. The van der Waals surface area contributed by atoms with E-state index in [-0.39, 0.29) is 0 Å². The van der Waals surface area contributed by atoms with Crippen LogP contribution in [0.1, 0.15) is 30.5 Å². The Bertz CT molecular complexity index is 2340. The smallest absolute Gasteiger partial charge is 0.160 e. The van der Waals surface area contributed by atoms with Crippen LogP contribution in [-0.2, 0) is 5.41 Å². The molecule has 6 aromatic carbocycles. The highest BCUT2D eigenvalue weighted by molar-refractivity contribution is 5.85. The molecule has 7 aromatic rings. The van der Waals surface area contributed by atoms with Crippen LogP contribution in [0, 0.1) is 11.3 Å². The minimum atomic E-state index is -0.393. The summed E-state index contributed by atoms with van der Waals surface area (Å²) >= 11 is 0. The third-order valence-electron chi connectivity index (χ3n) is 9.21. The number of ether oxygens (including phenoxy) is 1. The van der Waals surface area contributed by atoms with Crippen LogP contribution in [0.5, 0.6) is 11.5 Å².